The molecule has 7 aromatic rings. The molecular formula is C36H22O2. The van der Waals surface area contributed by atoms with Crippen LogP contribution in [0.3, 0.4) is 0 Å². The molecule has 0 amide bonds. The molecule has 0 aliphatic carbocycles. The zero-order valence-electron chi connectivity index (χ0n) is 20.5. The highest BCUT2D eigenvalue weighted by Gasteiger charge is 2.16. The van der Waals surface area contributed by atoms with Crippen molar-refractivity contribution in [2.75, 3.05) is 0 Å². The molecule has 0 spiro atoms. The molecule has 0 atom stereocenters. The van der Waals surface area contributed by atoms with Crippen LogP contribution in [0, 0.1) is 0 Å². The summed E-state index contributed by atoms with van der Waals surface area (Å²) in [6.45, 7) is 0. The van der Waals surface area contributed by atoms with E-state index in [1.807, 2.05) is 60.7 Å². The monoisotopic (exact) mass is 486 g/mol. The van der Waals surface area contributed by atoms with Gasteiger partial charge < -0.3 is 0 Å². The topological polar surface area (TPSA) is 34.1 Å². The molecule has 38 heavy (non-hydrogen) atoms. The number of hydrogen-bond donors (Lipinski definition) is 0. The van der Waals surface area contributed by atoms with Crippen LogP contribution in [0.4, 0.5) is 0 Å². The van der Waals surface area contributed by atoms with E-state index in [1.165, 1.54) is 0 Å². The van der Waals surface area contributed by atoms with Gasteiger partial charge in [-0.25, -0.2) is 0 Å². The first-order chi connectivity index (χ1) is 18.7. The Kier molecular flexibility index (Phi) is 5.12. The first-order valence-electron chi connectivity index (χ1n) is 12.7. The van der Waals surface area contributed by atoms with Crippen molar-refractivity contribution in [2.45, 2.75) is 0 Å². The quantitative estimate of drug-likeness (QED) is 0.184. The summed E-state index contributed by atoms with van der Waals surface area (Å²) in [4.78, 5) is 27.1. The summed E-state index contributed by atoms with van der Waals surface area (Å²) in [7, 11) is 0. The van der Waals surface area contributed by atoms with Crippen LogP contribution in [0.25, 0.3) is 43.1 Å². The summed E-state index contributed by atoms with van der Waals surface area (Å²) >= 11 is 0. The second-order valence-corrected chi connectivity index (χ2v) is 9.69. The van der Waals surface area contributed by atoms with E-state index in [4.69, 9.17) is 0 Å². The molecule has 0 bridgehead atoms. The maximum atomic E-state index is 13.6. The number of carbonyl (C=O) groups is 2. The van der Waals surface area contributed by atoms with Gasteiger partial charge in [0, 0.05) is 22.3 Å². The van der Waals surface area contributed by atoms with Gasteiger partial charge in [-0.3, -0.25) is 9.59 Å². The van der Waals surface area contributed by atoms with Crippen LogP contribution in [0.2, 0.25) is 0 Å². The average molecular weight is 487 g/mol. The first-order valence-corrected chi connectivity index (χ1v) is 12.7. The van der Waals surface area contributed by atoms with Crippen molar-refractivity contribution in [3.8, 4) is 0 Å². The van der Waals surface area contributed by atoms with Crippen LogP contribution in [0.5, 0.6) is 0 Å². The van der Waals surface area contributed by atoms with Crippen molar-refractivity contribution >= 4 is 54.7 Å². The molecule has 2 nitrogen and oxygen atoms in total. The third-order valence-corrected chi connectivity index (χ3v) is 7.39. The Balaban J connectivity index is 1.25. The highest BCUT2D eigenvalue weighted by molar-refractivity contribution is 6.20. The van der Waals surface area contributed by atoms with Crippen molar-refractivity contribution in [1.29, 1.82) is 0 Å². The molecule has 7 rings (SSSR count). The number of hydrogen-bond acceptors (Lipinski definition) is 2. The van der Waals surface area contributed by atoms with Crippen LogP contribution in [-0.2, 0) is 0 Å². The Morgan fingerprint density at radius 2 is 0.684 bits per heavy atom. The summed E-state index contributed by atoms with van der Waals surface area (Å²) in [6, 6.07) is 43.5. The number of ketones is 2. The predicted octanol–water partition coefficient (Wildman–Crippen LogP) is 8.76. The van der Waals surface area contributed by atoms with Crippen molar-refractivity contribution in [3.05, 3.63) is 156 Å². The first kappa shape index (κ1) is 22.1. The van der Waals surface area contributed by atoms with Gasteiger partial charge in [0.25, 0.3) is 0 Å². The minimum absolute atomic E-state index is 0.0542. The molecule has 0 aromatic heterocycles. The maximum absolute atomic E-state index is 13.6. The van der Waals surface area contributed by atoms with Gasteiger partial charge in [0.05, 0.1) is 0 Å². The number of carbonyl (C=O) groups excluding carboxylic acids is 2. The molecule has 0 unspecified atom stereocenters. The fraction of sp³-hybridized carbons (Fsp3) is 0. The van der Waals surface area contributed by atoms with Gasteiger partial charge >= 0.3 is 0 Å². The van der Waals surface area contributed by atoms with E-state index in [0.29, 0.717) is 22.3 Å². The minimum Gasteiger partial charge on any atom is -0.289 e. The SMILES string of the molecule is O=C(c1ccc(C(=O)c2cccc3cc4ccccc4cc23)cc1)c1cccc2cc3ccccc3cc12. The summed E-state index contributed by atoms with van der Waals surface area (Å²) in [6.07, 6.45) is 0. The highest BCUT2D eigenvalue weighted by Crippen LogP contribution is 2.29. The minimum atomic E-state index is -0.0542. The molecule has 0 aliphatic heterocycles. The lowest BCUT2D eigenvalue weighted by Crippen LogP contribution is -2.05. The van der Waals surface area contributed by atoms with Gasteiger partial charge in [-0.2, -0.15) is 0 Å². The Morgan fingerprint density at radius 1 is 0.342 bits per heavy atom. The normalized spacial score (nSPS) is 11.4. The molecule has 0 heterocycles. The van der Waals surface area contributed by atoms with Gasteiger partial charge in [0.2, 0.25) is 0 Å². The van der Waals surface area contributed by atoms with Gasteiger partial charge in [0.1, 0.15) is 0 Å². The predicted molar refractivity (Wildman–Crippen MR) is 156 cm³/mol. The van der Waals surface area contributed by atoms with Crippen molar-refractivity contribution in [3.63, 3.8) is 0 Å². The zero-order chi connectivity index (χ0) is 25.6. The number of benzene rings is 7. The Bertz CT molecular complexity index is 1900. The van der Waals surface area contributed by atoms with Crippen LogP contribution in [0.15, 0.2) is 133 Å². The van der Waals surface area contributed by atoms with Crippen LogP contribution < -0.4 is 0 Å². The van der Waals surface area contributed by atoms with Crippen molar-refractivity contribution in [2.24, 2.45) is 0 Å². The molecule has 2 heteroatoms. The lowest BCUT2D eigenvalue weighted by atomic mass is 9.92. The van der Waals surface area contributed by atoms with Crippen LogP contribution >= 0.6 is 0 Å². The summed E-state index contributed by atoms with van der Waals surface area (Å²) in [5.74, 6) is -0.108. The zero-order valence-corrected chi connectivity index (χ0v) is 20.5. The fourth-order valence-electron chi connectivity index (χ4n) is 5.41. The van der Waals surface area contributed by atoms with E-state index < -0.39 is 0 Å². The standard InChI is InChI=1S/C36H22O2/c37-35(31-13-5-11-29-19-25-7-1-3-9-27(25)21-33(29)31)23-15-17-24(18-16-23)36(38)32-14-6-12-30-20-26-8-2-4-10-28(26)22-34(30)32/h1-22H. The molecule has 0 N–H and O–H groups in total. The van der Waals surface area contributed by atoms with Gasteiger partial charge in [0.15, 0.2) is 11.6 Å². The lowest BCUT2D eigenvalue weighted by Gasteiger charge is -2.10. The van der Waals surface area contributed by atoms with Gasteiger partial charge in [-0.1, -0.05) is 109 Å². The van der Waals surface area contributed by atoms with E-state index in [-0.39, 0.29) is 11.6 Å². The fourth-order valence-corrected chi connectivity index (χ4v) is 5.41. The molecule has 7 aromatic carbocycles. The highest BCUT2D eigenvalue weighted by atomic mass is 16.1. The molecule has 0 radical (unpaired) electrons. The van der Waals surface area contributed by atoms with E-state index in [1.54, 1.807) is 24.3 Å². The maximum Gasteiger partial charge on any atom is 0.193 e. The van der Waals surface area contributed by atoms with Crippen LogP contribution in [0.1, 0.15) is 31.8 Å². The number of rotatable bonds is 4. The van der Waals surface area contributed by atoms with Crippen molar-refractivity contribution < 1.29 is 9.59 Å². The third-order valence-electron chi connectivity index (χ3n) is 7.39. The van der Waals surface area contributed by atoms with Gasteiger partial charge in [-0.15, -0.1) is 0 Å². The molecule has 0 saturated heterocycles. The number of fused-ring (bicyclic) bond motifs is 4. The Morgan fingerprint density at radius 3 is 1.08 bits per heavy atom. The van der Waals surface area contributed by atoms with Crippen LogP contribution in [-0.4, -0.2) is 11.6 Å². The second-order valence-electron chi connectivity index (χ2n) is 9.69. The lowest BCUT2D eigenvalue weighted by molar-refractivity contribution is 0.102. The largest absolute Gasteiger partial charge is 0.289 e. The molecule has 0 saturated carbocycles. The van der Waals surface area contributed by atoms with Crippen molar-refractivity contribution in [1.82, 2.24) is 0 Å². The molecule has 178 valence electrons. The molecule has 0 aliphatic rings. The molecular weight excluding hydrogens is 464 g/mol. The second kappa shape index (κ2) is 8.79. The Hall–Kier alpha value is -5.08. The smallest absolute Gasteiger partial charge is 0.193 e. The van der Waals surface area contributed by atoms with E-state index in [2.05, 4.69) is 48.5 Å². The average Bonchev–Trinajstić information content (AvgIpc) is 2.97. The summed E-state index contributed by atoms with van der Waals surface area (Å²) in [5.41, 5.74) is 2.44. The Labute approximate surface area is 219 Å². The van der Waals surface area contributed by atoms with E-state index in [0.717, 1.165) is 43.1 Å². The van der Waals surface area contributed by atoms with E-state index in [9.17, 15) is 9.59 Å². The third kappa shape index (κ3) is 3.66. The van der Waals surface area contributed by atoms with Gasteiger partial charge in [-0.05, 0) is 67.4 Å². The summed E-state index contributed by atoms with van der Waals surface area (Å²) < 4.78 is 0. The summed E-state index contributed by atoms with van der Waals surface area (Å²) in [5, 5.41) is 8.42. The molecule has 0 fully saturated rings. The van der Waals surface area contributed by atoms with E-state index >= 15 is 0 Å².